The molecular weight excluding hydrogens is 154 g/mol. The summed E-state index contributed by atoms with van der Waals surface area (Å²) in [4.78, 5) is 8.17. The van der Waals surface area contributed by atoms with Gasteiger partial charge in [0.15, 0.2) is 0 Å². The topological polar surface area (TPSA) is 58.0 Å². The first-order valence-electron chi connectivity index (χ1n) is 3.96. The normalized spacial score (nSPS) is 9.83. The second kappa shape index (κ2) is 4.66. The summed E-state index contributed by atoms with van der Waals surface area (Å²) in [6.07, 6.45) is 4.11. The number of nitrogens with one attached hydrogen (secondary N) is 1. The van der Waals surface area contributed by atoms with Gasteiger partial charge >= 0.3 is 0 Å². The van der Waals surface area contributed by atoms with E-state index in [1.54, 1.807) is 12.4 Å². The van der Waals surface area contributed by atoms with Crippen LogP contribution in [0.15, 0.2) is 12.4 Å². The van der Waals surface area contributed by atoms with Crippen molar-refractivity contribution >= 4 is 5.82 Å². The van der Waals surface area contributed by atoms with E-state index >= 15 is 0 Å². The molecule has 66 valence electrons. The van der Waals surface area contributed by atoms with E-state index in [1.165, 1.54) is 0 Å². The first-order chi connectivity index (χ1) is 5.83. The van der Waals surface area contributed by atoms with Crippen LogP contribution in [-0.2, 0) is 0 Å². The zero-order chi connectivity index (χ0) is 8.81. The van der Waals surface area contributed by atoms with Gasteiger partial charge in [0.25, 0.3) is 0 Å². The number of nitrogens with zero attached hydrogens (tertiary/aromatic N) is 2. The van der Waals surface area contributed by atoms with Gasteiger partial charge in [-0.3, -0.25) is 4.98 Å². The molecule has 0 saturated heterocycles. The van der Waals surface area contributed by atoms with Crippen LogP contribution in [0.25, 0.3) is 0 Å². The number of rotatable bonds is 4. The maximum Gasteiger partial charge on any atom is 0.144 e. The Kier molecular flexibility index (Phi) is 3.47. The summed E-state index contributed by atoms with van der Waals surface area (Å²) in [5, 5.41) is 11.6. The fourth-order valence-electron chi connectivity index (χ4n) is 0.844. The van der Waals surface area contributed by atoms with Crippen molar-refractivity contribution in [2.45, 2.75) is 13.3 Å². The molecule has 0 saturated carbocycles. The average molecular weight is 167 g/mol. The molecule has 12 heavy (non-hydrogen) atoms. The van der Waals surface area contributed by atoms with Gasteiger partial charge in [-0.25, -0.2) is 4.98 Å². The molecule has 0 unspecified atom stereocenters. The van der Waals surface area contributed by atoms with E-state index in [9.17, 15) is 0 Å². The number of aryl methyl sites for hydroxylation is 1. The molecular formula is C8H13N3O. The fraction of sp³-hybridized carbons (Fsp3) is 0.500. The molecule has 4 nitrogen and oxygen atoms in total. The molecule has 1 aromatic heterocycles. The molecule has 0 aliphatic rings. The van der Waals surface area contributed by atoms with Gasteiger partial charge in [-0.2, -0.15) is 0 Å². The quantitative estimate of drug-likeness (QED) is 0.644. The number of hydrogen-bond donors (Lipinski definition) is 2. The Morgan fingerprint density at radius 1 is 1.50 bits per heavy atom. The van der Waals surface area contributed by atoms with Crippen molar-refractivity contribution in [3.63, 3.8) is 0 Å². The Bertz CT molecular complexity index is 239. The minimum atomic E-state index is 0.201. The predicted molar refractivity (Wildman–Crippen MR) is 47.0 cm³/mol. The Labute approximate surface area is 71.7 Å². The lowest BCUT2D eigenvalue weighted by atomic mass is 10.4. The highest BCUT2D eigenvalue weighted by Gasteiger charge is 1.92. The highest BCUT2D eigenvalue weighted by molar-refractivity contribution is 5.31. The van der Waals surface area contributed by atoms with Gasteiger partial charge in [-0.15, -0.1) is 0 Å². The lowest BCUT2D eigenvalue weighted by Crippen LogP contribution is -2.05. The second-order valence-corrected chi connectivity index (χ2v) is 2.55. The van der Waals surface area contributed by atoms with Crippen molar-refractivity contribution in [3.05, 3.63) is 18.1 Å². The molecule has 2 N–H and O–H groups in total. The summed E-state index contributed by atoms with van der Waals surface area (Å²) in [6, 6.07) is 0. The number of anilines is 1. The van der Waals surface area contributed by atoms with E-state index in [1.807, 2.05) is 6.92 Å². The van der Waals surface area contributed by atoms with Crippen LogP contribution in [-0.4, -0.2) is 28.2 Å². The number of aliphatic hydroxyl groups is 1. The van der Waals surface area contributed by atoms with Crippen LogP contribution in [0.5, 0.6) is 0 Å². The predicted octanol–water partition coefficient (Wildman–Crippen LogP) is 0.579. The zero-order valence-electron chi connectivity index (χ0n) is 7.12. The largest absolute Gasteiger partial charge is 0.396 e. The van der Waals surface area contributed by atoms with Crippen molar-refractivity contribution in [2.75, 3.05) is 18.5 Å². The lowest BCUT2D eigenvalue weighted by Gasteiger charge is -2.03. The second-order valence-electron chi connectivity index (χ2n) is 2.55. The SMILES string of the molecule is Cc1cncc(NCCCO)n1. The smallest absolute Gasteiger partial charge is 0.144 e. The molecule has 0 spiro atoms. The van der Waals surface area contributed by atoms with Crippen LogP contribution in [0.4, 0.5) is 5.82 Å². The van der Waals surface area contributed by atoms with Gasteiger partial charge in [0.1, 0.15) is 5.82 Å². The third-order valence-corrected chi connectivity index (χ3v) is 1.40. The van der Waals surface area contributed by atoms with Gasteiger partial charge in [-0.1, -0.05) is 0 Å². The molecule has 0 atom stereocenters. The summed E-state index contributed by atoms with van der Waals surface area (Å²) in [5.74, 6) is 0.767. The molecule has 0 fully saturated rings. The summed E-state index contributed by atoms with van der Waals surface area (Å²) in [5.41, 5.74) is 0.893. The third-order valence-electron chi connectivity index (χ3n) is 1.40. The van der Waals surface area contributed by atoms with Crippen LogP contribution >= 0.6 is 0 Å². The van der Waals surface area contributed by atoms with Crippen LogP contribution in [0, 0.1) is 6.92 Å². The van der Waals surface area contributed by atoms with E-state index in [-0.39, 0.29) is 6.61 Å². The fourth-order valence-corrected chi connectivity index (χ4v) is 0.844. The van der Waals surface area contributed by atoms with Crippen molar-refractivity contribution in [1.29, 1.82) is 0 Å². The van der Waals surface area contributed by atoms with Gasteiger partial charge in [0.2, 0.25) is 0 Å². The molecule has 0 aromatic carbocycles. The highest BCUT2D eigenvalue weighted by atomic mass is 16.3. The average Bonchev–Trinajstić information content (AvgIpc) is 2.05. The molecule has 4 heteroatoms. The first kappa shape index (κ1) is 8.93. The lowest BCUT2D eigenvalue weighted by molar-refractivity contribution is 0.292. The van der Waals surface area contributed by atoms with Crippen molar-refractivity contribution in [1.82, 2.24) is 9.97 Å². The van der Waals surface area contributed by atoms with Crippen LogP contribution in [0.1, 0.15) is 12.1 Å². The molecule has 0 aliphatic carbocycles. The van der Waals surface area contributed by atoms with Crippen molar-refractivity contribution < 1.29 is 5.11 Å². The Hall–Kier alpha value is -1.16. The summed E-state index contributed by atoms with van der Waals surface area (Å²) >= 11 is 0. The van der Waals surface area contributed by atoms with Gasteiger partial charge in [0.05, 0.1) is 11.9 Å². The van der Waals surface area contributed by atoms with E-state index in [2.05, 4.69) is 15.3 Å². The number of aliphatic hydroxyl groups excluding tert-OH is 1. The Morgan fingerprint density at radius 3 is 3.00 bits per heavy atom. The molecule has 1 aromatic rings. The summed E-state index contributed by atoms with van der Waals surface area (Å²) in [6.45, 7) is 2.82. The monoisotopic (exact) mass is 167 g/mol. The molecule has 0 radical (unpaired) electrons. The van der Waals surface area contributed by atoms with Gasteiger partial charge < -0.3 is 10.4 Å². The summed E-state index contributed by atoms with van der Waals surface area (Å²) < 4.78 is 0. The van der Waals surface area contributed by atoms with Gasteiger partial charge in [-0.05, 0) is 13.3 Å². The van der Waals surface area contributed by atoms with E-state index in [0.29, 0.717) is 0 Å². The Balaban J connectivity index is 2.41. The highest BCUT2D eigenvalue weighted by Crippen LogP contribution is 2.00. The van der Waals surface area contributed by atoms with Crippen molar-refractivity contribution in [3.8, 4) is 0 Å². The maximum absolute atomic E-state index is 8.52. The zero-order valence-corrected chi connectivity index (χ0v) is 7.12. The maximum atomic E-state index is 8.52. The van der Waals surface area contributed by atoms with E-state index in [0.717, 1.165) is 24.5 Å². The molecule has 0 aliphatic heterocycles. The minimum absolute atomic E-state index is 0.201. The molecule has 0 amide bonds. The third kappa shape index (κ3) is 2.84. The first-order valence-corrected chi connectivity index (χ1v) is 3.96. The van der Waals surface area contributed by atoms with Crippen LogP contribution in [0.2, 0.25) is 0 Å². The van der Waals surface area contributed by atoms with Gasteiger partial charge in [0, 0.05) is 19.3 Å². The molecule has 1 rings (SSSR count). The Morgan fingerprint density at radius 2 is 2.33 bits per heavy atom. The van der Waals surface area contributed by atoms with Crippen LogP contribution in [0.3, 0.4) is 0 Å². The molecule has 0 bridgehead atoms. The number of hydrogen-bond acceptors (Lipinski definition) is 4. The van der Waals surface area contributed by atoms with E-state index < -0.39 is 0 Å². The van der Waals surface area contributed by atoms with Crippen LogP contribution < -0.4 is 5.32 Å². The standard InChI is InChI=1S/C8H13N3O/c1-7-5-9-6-8(11-7)10-3-2-4-12/h5-6,12H,2-4H2,1H3,(H,10,11). The minimum Gasteiger partial charge on any atom is -0.396 e. The van der Waals surface area contributed by atoms with E-state index in [4.69, 9.17) is 5.11 Å². The van der Waals surface area contributed by atoms with Crippen molar-refractivity contribution in [2.24, 2.45) is 0 Å². The number of aromatic nitrogens is 2. The summed E-state index contributed by atoms with van der Waals surface area (Å²) in [7, 11) is 0. The molecule has 1 heterocycles.